The van der Waals surface area contributed by atoms with Gasteiger partial charge >= 0.3 is 5.97 Å². The third-order valence-electron chi connectivity index (χ3n) is 5.71. The van der Waals surface area contributed by atoms with Crippen LogP contribution < -0.4 is 14.2 Å². The van der Waals surface area contributed by atoms with Gasteiger partial charge in [0.25, 0.3) is 0 Å². The number of ether oxygens (including phenoxy) is 3. The number of esters is 1. The summed E-state index contributed by atoms with van der Waals surface area (Å²) in [6.45, 7) is 0.0261. The van der Waals surface area contributed by atoms with E-state index < -0.39 is 5.97 Å². The molecule has 0 bridgehead atoms. The molecule has 0 atom stereocenters. The molecule has 5 rings (SSSR count). The lowest BCUT2D eigenvalue weighted by atomic mass is 10.2. The van der Waals surface area contributed by atoms with Gasteiger partial charge in [0.1, 0.15) is 17.2 Å². The predicted octanol–water partition coefficient (Wildman–Crippen LogP) is 7.12. The summed E-state index contributed by atoms with van der Waals surface area (Å²) in [5.41, 5.74) is 4.05. The van der Waals surface area contributed by atoms with Crippen molar-refractivity contribution in [3.63, 3.8) is 0 Å². The van der Waals surface area contributed by atoms with Crippen LogP contribution in [0, 0.1) is 23.7 Å². The molecule has 4 nitrogen and oxygen atoms in total. The lowest BCUT2D eigenvalue weighted by Crippen LogP contribution is -2.09. The standard InChI is InChI=1S/C36H24O4/c37-36(40-35-23-17-31(18-24-35)14-12-29-9-5-2-6-10-29)32-19-25-34(26-20-32)39-27-38-33-21-15-30(16-22-33)13-11-28-7-3-1-4-8-28/h1-10,15-26H,27H2. The average molecular weight is 521 g/mol. The van der Waals surface area contributed by atoms with Crippen molar-refractivity contribution in [1.82, 2.24) is 0 Å². The molecule has 0 aliphatic carbocycles. The summed E-state index contributed by atoms with van der Waals surface area (Å²) in [5, 5.41) is 0. The summed E-state index contributed by atoms with van der Waals surface area (Å²) in [6, 6.07) is 40.9. The van der Waals surface area contributed by atoms with Crippen molar-refractivity contribution in [3.8, 4) is 40.9 Å². The van der Waals surface area contributed by atoms with Crippen molar-refractivity contribution in [3.05, 3.63) is 161 Å². The maximum Gasteiger partial charge on any atom is 0.343 e. The normalized spacial score (nSPS) is 9.80. The molecule has 0 heterocycles. The predicted molar refractivity (Wildman–Crippen MR) is 155 cm³/mol. The lowest BCUT2D eigenvalue weighted by Gasteiger charge is -2.09. The molecule has 5 aromatic rings. The Kier molecular flexibility index (Phi) is 8.55. The molecule has 0 amide bonds. The van der Waals surface area contributed by atoms with Gasteiger partial charge in [-0.25, -0.2) is 4.79 Å². The molecule has 0 radical (unpaired) electrons. The SMILES string of the molecule is O=C(Oc1ccc(C#Cc2ccccc2)cc1)c1ccc(OCOc2ccc(C#Cc3ccccc3)cc2)cc1. The van der Waals surface area contributed by atoms with Gasteiger partial charge in [-0.1, -0.05) is 60.1 Å². The Morgan fingerprint density at radius 2 is 0.825 bits per heavy atom. The quantitative estimate of drug-likeness (QED) is 0.104. The van der Waals surface area contributed by atoms with Crippen molar-refractivity contribution in [1.29, 1.82) is 0 Å². The van der Waals surface area contributed by atoms with E-state index >= 15 is 0 Å². The van der Waals surface area contributed by atoms with Crippen molar-refractivity contribution in [2.75, 3.05) is 6.79 Å². The topological polar surface area (TPSA) is 44.8 Å². The molecule has 0 fully saturated rings. The van der Waals surface area contributed by atoms with E-state index in [1.807, 2.05) is 97.1 Å². The number of hydrogen-bond donors (Lipinski definition) is 0. The Morgan fingerprint density at radius 3 is 1.27 bits per heavy atom. The minimum Gasteiger partial charge on any atom is -0.458 e. The van der Waals surface area contributed by atoms with Crippen LogP contribution in [0.25, 0.3) is 0 Å². The molecule has 0 aliphatic heterocycles. The van der Waals surface area contributed by atoms with Crippen molar-refractivity contribution in [2.45, 2.75) is 0 Å². The van der Waals surface area contributed by atoms with Crippen LogP contribution in [0.5, 0.6) is 17.2 Å². The third-order valence-corrected chi connectivity index (χ3v) is 5.71. The summed E-state index contributed by atoms with van der Waals surface area (Å²) >= 11 is 0. The molecular formula is C36H24O4. The second-order valence-electron chi connectivity index (χ2n) is 8.60. The molecule has 40 heavy (non-hydrogen) atoms. The van der Waals surface area contributed by atoms with Gasteiger partial charge in [0, 0.05) is 22.3 Å². The van der Waals surface area contributed by atoms with Crippen LogP contribution in [0.1, 0.15) is 32.6 Å². The maximum absolute atomic E-state index is 12.5. The van der Waals surface area contributed by atoms with Crippen molar-refractivity contribution in [2.24, 2.45) is 0 Å². The van der Waals surface area contributed by atoms with Crippen LogP contribution in [0.15, 0.2) is 133 Å². The van der Waals surface area contributed by atoms with Crippen LogP contribution in [0.4, 0.5) is 0 Å². The zero-order valence-corrected chi connectivity index (χ0v) is 21.5. The summed E-state index contributed by atoms with van der Waals surface area (Å²) in [6.07, 6.45) is 0. The molecule has 0 aliphatic rings. The summed E-state index contributed by atoms with van der Waals surface area (Å²) in [7, 11) is 0. The molecular weight excluding hydrogens is 496 g/mol. The third kappa shape index (κ3) is 7.65. The molecule has 0 spiro atoms. The zero-order chi connectivity index (χ0) is 27.4. The average Bonchev–Trinajstić information content (AvgIpc) is 3.02. The Balaban J connectivity index is 1.08. The minimum atomic E-state index is -0.457. The summed E-state index contributed by atoms with van der Waals surface area (Å²) in [5.74, 6) is 13.7. The van der Waals surface area contributed by atoms with E-state index in [-0.39, 0.29) is 6.79 Å². The highest BCUT2D eigenvalue weighted by atomic mass is 16.7. The molecule has 0 N–H and O–H groups in total. The Bertz CT molecular complexity index is 1670. The van der Waals surface area contributed by atoms with Crippen LogP contribution in [-0.2, 0) is 0 Å². The van der Waals surface area contributed by atoms with Gasteiger partial charge in [-0.2, -0.15) is 0 Å². The van der Waals surface area contributed by atoms with E-state index in [9.17, 15) is 4.79 Å². The first-order valence-corrected chi connectivity index (χ1v) is 12.6. The lowest BCUT2D eigenvalue weighted by molar-refractivity contribution is 0.0734. The van der Waals surface area contributed by atoms with E-state index in [2.05, 4.69) is 23.7 Å². The fourth-order valence-corrected chi connectivity index (χ4v) is 3.59. The van der Waals surface area contributed by atoms with Crippen molar-refractivity contribution >= 4 is 5.97 Å². The number of carbonyl (C=O) groups excluding carboxylic acids is 1. The number of carbonyl (C=O) groups is 1. The first-order valence-electron chi connectivity index (χ1n) is 12.6. The van der Waals surface area contributed by atoms with Crippen LogP contribution in [0.3, 0.4) is 0 Å². The molecule has 192 valence electrons. The van der Waals surface area contributed by atoms with Gasteiger partial charge in [0.05, 0.1) is 5.56 Å². The molecule has 0 saturated heterocycles. The van der Waals surface area contributed by atoms with E-state index in [1.165, 1.54) is 0 Å². The second kappa shape index (κ2) is 13.2. The highest BCUT2D eigenvalue weighted by Crippen LogP contribution is 2.18. The molecule has 0 unspecified atom stereocenters. The van der Waals surface area contributed by atoms with Crippen LogP contribution >= 0.6 is 0 Å². The number of rotatable bonds is 6. The van der Waals surface area contributed by atoms with Gasteiger partial charge in [-0.15, -0.1) is 0 Å². The fraction of sp³-hybridized carbons (Fsp3) is 0.0278. The van der Waals surface area contributed by atoms with E-state index in [4.69, 9.17) is 14.2 Å². The fourth-order valence-electron chi connectivity index (χ4n) is 3.59. The first kappa shape index (κ1) is 25.9. The van der Waals surface area contributed by atoms with Gasteiger partial charge in [-0.05, 0) is 97.1 Å². The Labute approximate surface area is 233 Å². The first-order chi connectivity index (χ1) is 19.7. The Morgan fingerprint density at radius 1 is 0.450 bits per heavy atom. The van der Waals surface area contributed by atoms with E-state index in [0.717, 1.165) is 22.3 Å². The summed E-state index contributed by atoms with van der Waals surface area (Å²) < 4.78 is 16.8. The molecule has 0 saturated carbocycles. The largest absolute Gasteiger partial charge is 0.458 e. The molecule has 0 aromatic heterocycles. The second-order valence-corrected chi connectivity index (χ2v) is 8.60. The van der Waals surface area contributed by atoms with E-state index in [0.29, 0.717) is 22.8 Å². The molecule has 5 aromatic carbocycles. The van der Waals surface area contributed by atoms with Crippen LogP contribution in [-0.4, -0.2) is 12.8 Å². The van der Waals surface area contributed by atoms with Gasteiger partial charge in [0.2, 0.25) is 6.79 Å². The summed E-state index contributed by atoms with van der Waals surface area (Å²) in [4.78, 5) is 12.5. The zero-order valence-electron chi connectivity index (χ0n) is 21.5. The number of hydrogen-bond acceptors (Lipinski definition) is 4. The van der Waals surface area contributed by atoms with Crippen molar-refractivity contribution < 1.29 is 19.0 Å². The monoisotopic (exact) mass is 520 g/mol. The number of benzene rings is 5. The van der Waals surface area contributed by atoms with Gasteiger partial charge in [-0.3, -0.25) is 0 Å². The van der Waals surface area contributed by atoms with Gasteiger partial charge < -0.3 is 14.2 Å². The highest BCUT2D eigenvalue weighted by molar-refractivity contribution is 5.91. The minimum absolute atomic E-state index is 0.0261. The molecule has 4 heteroatoms. The Hall–Kier alpha value is -5.71. The maximum atomic E-state index is 12.5. The van der Waals surface area contributed by atoms with Crippen LogP contribution in [0.2, 0.25) is 0 Å². The smallest absolute Gasteiger partial charge is 0.343 e. The van der Waals surface area contributed by atoms with Gasteiger partial charge in [0.15, 0.2) is 0 Å². The highest BCUT2D eigenvalue weighted by Gasteiger charge is 2.09. The van der Waals surface area contributed by atoms with E-state index in [1.54, 1.807) is 36.4 Å².